The number of hydrogen-bond acceptors (Lipinski definition) is 28. The molecule has 3 heterocycles. The lowest BCUT2D eigenvalue weighted by Crippen LogP contribution is -2.59. The highest BCUT2D eigenvalue weighted by Gasteiger charge is 2.46. The van der Waals surface area contributed by atoms with E-state index in [1.165, 1.54) is 45.4 Å². The van der Waals surface area contributed by atoms with E-state index in [1.807, 2.05) is 60.5 Å². The van der Waals surface area contributed by atoms with E-state index in [0.29, 0.717) is 41.8 Å². The molecule has 14 amide bonds. The van der Waals surface area contributed by atoms with E-state index in [0.717, 1.165) is 12.2 Å². The number of aliphatic carboxylic acids is 1. The van der Waals surface area contributed by atoms with Crippen molar-refractivity contribution < 1.29 is 148 Å². The van der Waals surface area contributed by atoms with Gasteiger partial charge in [-0.15, -0.1) is 0 Å². The van der Waals surface area contributed by atoms with Crippen molar-refractivity contribution in [1.82, 2.24) is 67.5 Å². The summed E-state index contributed by atoms with van der Waals surface area (Å²) < 4.78 is 75.5. The van der Waals surface area contributed by atoms with Crippen LogP contribution in [0.15, 0.2) is 66.7 Å². The normalized spacial score (nSPS) is 18.0. The number of hydrogen-bond donors (Lipinski definition) is 14. The molecule has 45 nitrogen and oxygen atoms in total. The lowest BCUT2D eigenvalue weighted by atomic mass is 9.89. The zero-order valence-electron chi connectivity index (χ0n) is 80.3. The van der Waals surface area contributed by atoms with E-state index in [4.69, 9.17) is 52.0 Å². The summed E-state index contributed by atoms with van der Waals surface area (Å²) in [5.74, 6) is -14.4. The molecule has 2 fully saturated rings. The molecule has 136 heavy (non-hydrogen) atoms. The van der Waals surface area contributed by atoms with Gasteiger partial charge in [-0.2, -0.15) is 0 Å². The lowest BCUT2D eigenvalue weighted by Gasteiger charge is -2.41. The number of anilines is 1. The first-order valence-electron chi connectivity index (χ1n) is 45.5. The number of rotatable bonds is 63. The number of likely N-dealkylation sites (tertiary alicyclic amines) is 1. The maximum Gasteiger partial charge on any atom is 0.473 e. The third-order valence-electron chi connectivity index (χ3n) is 23.1. The van der Waals surface area contributed by atoms with Crippen LogP contribution >= 0.6 is 15.4 Å². The van der Waals surface area contributed by atoms with E-state index in [9.17, 15) is 95.8 Å². The minimum atomic E-state index is -4.99. The van der Waals surface area contributed by atoms with Gasteiger partial charge in [0.2, 0.25) is 70.9 Å². The summed E-state index contributed by atoms with van der Waals surface area (Å²) in [4.78, 5) is 249. The van der Waals surface area contributed by atoms with E-state index in [1.54, 1.807) is 74.9 Å². The van der Waals surface area contributed by atoms with Gasteiger partial charge in [-0.3, -0.25) is 95.3 Å². The van der Waals surface area contributed by atoms with Gasteiger partial charge in [0.25, 0.3) is 11.8 Å². The van der Waals surface area contributed by atoms with Crippen LogP contribution in [0, 0.1) is 29.6 Å². The first kappa shape index (κ1) is 116. The Morgan fingerprint density at radius 3 is 1.74 bits per heavy atom. The smallest absolute Gasteiger partial charge is 0.473 e. The molecule has 762 valence electrons. The quantitative estimate of drug-likeness (QED) is 0.0190. The number of carboxylic acid groups (broad SMARTS) is 1. The van der Waals surface area contributed by atoms with Crippen molar-refractivity contribution in [2.45, 2.75) is 232 Å². The molecule has 2 aromatic rings. The highest BCUT2D eigenvalue weighted by atomic mass is 31.2. The van der Waals surface area contributed by atoms with E-state index < -0.39 is 234 Å². The standard InChI is InChI=1S/C89H140N14O31P2/c1-17-55(8)78(101(14)88(119)76(53(4)5)99-87(118)77(54(6)7)100(12)13)67(126-15)49-73(109)102-37-21-24-65(102)79(127-16)56(9)81(112)92-57(10)80(60-22-19-18-20-23-60)134-136(124,125)133-51-59-25-27-61(28-26-59)94-82(113)58(11)93-86(117)75(52(2)3)98-83(114)62(29-32-74(110)111)97-84(115)64(48-70(106)95-63-33-39-132-89(63)120)96-69(105)34-38-128-41-43-130-45-46-131-44-42-129-40-36-90-85(116)66(103-71(107)30-31-72(103)108)50-91-68(104)35-47-135(121,122)123/h18-20,22-23,25-28,30-31,52-58,62-67,75-80H,17,21,24,29,32-51H2,1-16H3,(H,90,116)(H,91,104)(H,92,112)(H,93,117)(H,94,113)(H,95,106)(H,96,105)(H,97,115)(H,98,114)(H,99,118)(H,110,111)(H,124,125)(H2,121,122,123)/t55-,56+,57+,58-,62-,63-,64-,65-,66-,67+,75-,76-,77-,78-,79+,80+/m0/s1. The fourth-order valence-electron chi connectivity index (χ4n) is 15.6. The van der Waals surface area contributed by atoms with Crippen LogP contribution in [0.1, 0.15) is 158 Å². The van der Waals surface area contributed by atoms with Crippen molar-refractivity contribution >= 4 is 116 Å². The van der Waals surface area contributed by atoms with Crippen LogP contribution in [0.25, 0.3) is 0 Å². The van der Waals surface area contributed by atoms with Gasteiger partial charge in [-0.25, -0.2) is 9.36 Å². The van der Waals surface area contributed by atoms with Crippen LogP contribution in [-0.2, 0) is 135 Å². The maximum atomic E-state index is 14.7. The van der Waals surface area contributed by atoms with Crippen molar-refractivity contribution in [2.75, 3.05) is 126 Å². The van der Waals surface area contributed by atoms with Gasteiger partial charge < -0.3 is 116 Å². The SMILES string of the molecule is CC[C@H](C)[C@@H]([C@@H](CC(=O)N1CCC[C@H]1[C@H](OC)[C@@H](C)C(=O)N[C@H](C)[C@@H](OP(=O)(O)OCc1ccc(NC(=O)[C@H](C)NC(=O)[C@@H](NC(=O)[C@H](CCC(=O)O)NC(=O)[C@H](CC(=O)N[C@H]2CCOC2=O)NC(=O)CCOCCOCCOCCOCCNC(=O)[C@H](CNC(=O)CCP(=O)(O)O)N2C(=O)C=CC2=O)C(C)C)cc1)c1ccccc1)OC)N(C)C(=O)[C@@H](NC(=O)[C@H](C(C)C)N(C)C)C(C)C. The number of carboxylic acids is 1. The number of cyclic esters (lactones) is 1. The van der Waals surface area contributed by atoms with Crippen LogP contribution in [0.4, 0.5) is 5.69 Å². The lowest BCUT2D eigenvalue weighted by molar-refractivity contribution is -0.148. The van der Waals surface area contributed by atoms with Crippen LogP contribution in [0.2, 0.25) is 0 Å². The number of nitrogens with one attached hydrogen (secondary N) is 10. The predicted molar refractivity (Wildman–Crippen MR) is 490 cm³/mol. The van der Waals surface area contributed by atoms with E-state index in [2.05, 4.69) is 53.2 Å². The van der Waals surface area contributed by atoms with Crippen LogP contribution in [-0.4, -0.2) is 333 Å². The van der Waals surface area contributed by atoms with Gasteiger partial charge >= 0.3 is 27.4 Å². The number of phosphoric acid groups is 1. The average Bonchev–Trinajstić information content (AvgIpc) is 1.56. The summed E-state index contributed by atoms with van der Waals surface area (Å²) in [6.07, 6.45) is -3.02. The van der Waals surface area contributed by atoms with Crippen molar-refractivity contribution in [2.24, 2.45) is 29.6 Å². The molecule has 14 N–H and O–H groups in total. The Bertz CT molecular complexity index is 4420. The fraction of sp³-hybridized carbons (Fsp3) is 0.663. The summed E-state index contributed by atoms with van der Waals surface area (Å²) in [6, 6.07) is 2.00. The minimum Gasteiger partial charge on any atom is -0.481 e. The Labute approximate surface area is 792 Å². The molecule has 2 saturated heterocycles. The average molecular weight is 1960 g/mol. The Kier molecular flexibility index (Phi) is 49.6. The number of phosphoric ester groups is 1. The summed E-state index contributed by atoms with van der Waals surface area (Å²) in [7, 11) is -1.24. The van der Waals surface area contributed by atoms with Gasteiger partial charge in [0.15, 0.2) is 0 Å². The minimum absolute atomic E-state index is 0.00164. The summed E-state index contributed by atoms with van der Waals surface area (Å²) in [5.41, 5.74) is 0.946. The second kappa shape index (κ2) is 57.9. The molecule has 2 aromatic carbocycles. The molecular weight excluding hydrogens is 1820 g/mol. The van der Waals surface area contributed by atoms with E-state index in [-0.39, 0.29) is 126 Å². The number of carbonyl (C=O) groups is 16. The van der Waals surface area contributed by atoms with Crippen molar-refractivity contribution in [3.63, 3.8) is 0 Å². The van der Waals surface area contributed by atoms with Crippen LogP contribution in [0.3, 0.4) is 0 Å². The Balaban J connectivity index is 1.11. The Morgan fingerprint density at radius 1 is 0.596 bits per heavy atom. The third-order valence-corrected chi connectivity index (χ3v) is 24.8. The second-order valence-electron chi connectivity index (χ2n) is 34.8. The van der Waals surface area contributed by atoms with Crippen molar-refractivity contribution in [3.05, 3.63) is 77.9 Å². The molecular formula is C89H140N14O31P2. The van der Waals surface area contributed by atoms with Crippen molar-refractivity contribution in [1.29, 1.82) is 0 Å². The number of carbonyl (C=O) groups excluding carboxylic acids is 15. The van der Waals surface area contributed by atoms with Gasteiger partial charge in [0.1, 0.15) is 48.4 Å². The summed E-state index contributed by atoms with van der Waals surface area (Å²) in [5, 5.41) is 35.4. The number of likely N-dealkylation sites (N-methyl/N-ethyl adjacent to an activating group) is 2. The number of imide groups is 1. The van der Waals surface area contributed by atoms with Gasteiger partial charge in [-0.1, -0.05) is 111 Å². The molecule has 5 rings (SSSR count). The van der Waals surface area contributed by atoms with Crippen molar-refractivity contribution in [3.8, 4) is 0 Å². The summed E-state index contributed by atoms with van der Waals surface area (Å²) in [6.45, 7) is 18.7. The summed E-state index contributed by atoms with van der Waals surface area (Å²) >= 11 is 0. The first-order valence-corrected chi connectivity index (χ1v) is 48.8. The van der Waals surface area contributed by atoms with Gasteiger partial charge in [-0.05, 0) is 94.1 Å². The number of amides is 14. The molecule has 3 aliphatic rings. The molecule has 17 atom stereocenters. The molecule has 0 saturated carbocycles. The predicted octanol–water partition coefficient (Wildman–Crippen LogP) is 1.00. The molecule has 47 heteroatoms. The highest BCUT2D eigenvalue weighted by Crippen LogP contribution is 2.50. The fourth-order valence-corrected chi connectivity index (χ4v) is 17.0. The molecule has 1 unspecified atom stereocenters. The topological polar surface area (TPSA) is 605 Å². The highest BCUT2D eigenvalue weighted by molar-refractivity contribution is 7.51. The number of ether oxygens (including phenoxy) is 7. The number of methoxy groups -OCH3 is 2. The second-order valence-corrected chi connectivity index (χ2v) is 38.0. The van der Waals surface area contributed by atoms with Crippen LogP contribution in [0.5, 0.6) is 0 Å². The monoisotopic (exact) mass is 1960 g/mol. The third kappa shape index (κ3) is 38.7. The molecule has 0 radical (unpaired) electrons. The van der Waals surface area contributed by atoms with E-state index >= 15 is 0 Å². The largest absolute Gasteiger partial charge is 0.481 e. The number of benzene rings is 2. The van der Waals surface area contributed by atoms with Gasteiger partial charge in [0, 0.05) is 84.4 Å². The molecule has 0 aromatic heterocycles. The zero-order valence-corrected chi connectivity index (χ0v) is 82.1. The molecule has 0 aliphatic carbocycles. The number of esters is 1. The molecule has 0 spiro atoms. The number of nitrogens with zero attached hydrogens (tertiary/aromatic N) is 4. The van der Waals surface area contributed by atoms with Gasteiger partial charge in [0.05, 0.1) is 127 Å². The molecule has 3 aliphatic heterocycles. The first-order chi connectivity index (χ1) is 64.1. The maximum absolute atomic E-state index is 14.7. The Morgan fingerprint density at radius 2 is 1.19 bits per heavy atom. The Hall–Kier alpha value is -10.1. The van der Waals surface area contributed by atoms with Crippen LogP contribution < -0.4 is 53.2 Å². The zero-order chi connectivity index (χ0) is 101. The molecule has 0 bridgehead atoms.